The van der Waals surface area contributed by atoms with E-state index in [9.17, 15) is 9.90 Å². The maximum absolute atomic E-state index is 12.2. The highest BCUT2D eigenvalue weighted by Gasteiger charge is 2.20. The Bertz CT molecular complexity index is 680. The van der Waals surface area contributed by atoms with Gasteiger partial charge in [-0.05, 0) is 19.1 Å². The van der Waals surface area contributed by atoms with Crippen molar-refractivity contribution in [3.63, 3.8) is 0 Å². The number of rotatable bonds is 5. The van der Waals surface area contributed by atoms with E-state index in [1.807, 2.05) is 26.0 Å². The molecule has 2 aromatic rings. The number of halogens is 1. The summed E-state index contributed by atoms with van der Waals surface area (Å²) in [4.78, 5) is 19.7. The minimum Gasteiger partial charge on any atom is -0.396 e. The normalized spacial score (nSPS) is 11.5. The summed E-state index contributed by atoms with van der Waals surface area (Å²) in [7, 11) is 0. The molecule has 0 aliphatic heterocycles. The zero-order valence-electron chi connectivity index (χ0n) is 12.9. The molecule has 1 aromatic heterocycles. The van der Waals surface area contributed by atoms with Crippen LogP contribution >= 0.6 is 11.6 Å². The molecule has 0 atom stereocenters. The van der Waals surface area contributed by atoms with E-state index >= 15 is 0 Å². The van der Waals surface area contributed by atoms with Crippen LogP contribution in [-0.4, -0.2) is 34.1 Å². The molecule has 0 spiro atoms. The predicted molar refractivity (Wildman–Crippen MR) is 87.0 cm³/mol. The third kappa shape index (κ3) is 3.87. The van der Waals surface area contributed by atoms with Crippen LogP contribution in [0.5, 0.6) is 0 Å². The van der Waals surface area contributed by atoms with E-state index in [0.717, 1.165) is 5.56 Å². The highest BCUT2D eigenvalue weighted by atomic mass is 35.5. The molecule has 1 heterocycles. The van der Waals surface area contributed by atoms with E-state index in [0.29, 0.717) is 28.8 Å². The number of H-pyrrole nitrogens is 1. The summed E-state index contributed by atoms with van der Waals surface area (Å²) in [6.07, 6.45) is 0. The first kappa shape index (κ1) is 16.5. The Kier molecular flexibility index (Phi) is 4.88. The zero-order chi connectivity index (χ0) is 16.3. The quantitative estimate of drug-likeness (QED) is 0.792. The number of nitrogens with one attached hydrogen (secondary N) is 2. The van der Waals surface area contributed by atoms with Gasteiger partial charge < -0.3 is 15.4 Å². The van der Waals surface area contributed by atoms with E-state index in [1.165, 1.54) is 0 Å². The number of aliphatic hydroxyl groups is 1. The molecule has 0 aliphatic rings. The average molecular weight is 322 g/mol. The third-order valence-corrected chi connectivity index (χ3v) is 3.59. The standard InChI is InChI=1S/C16H20ClN3O2/c1-10-13(15(22)18-8-16(2,3)9-21)20-14(19-10)11-5-4-6-12(17)7-11/h4-7,21H,8-9H2,1-3H3,(H,18,22)(H,19,20). The lowest BCUT2D eigenvalue weighted by Gasteiger charge is -2.21. The zero-order valence-corrected chi connectivity index (χ0v) is 13.7. The largest absolute Gasteiger partial charge is 0.396 e. The number of benzene rings is 1. The molecule has 0 saturated heterocycles. The summed E-state index contributed by atoms with van der Waals surface area (Å²) in [6, 6.07) is 7.28. The Labute approximate surface area is 134 Å². The Balaban J connectivity index is 2.18. The van der Waals surface area contributed by atoms with Crippen molar-refractivity contribution >= 4 is 17.5 Å². The van der Waals surface area contributed by atoms with Gasteiger partial charge in [-0.15, -0.1) is 0 Å². The average Bonchev–Trinajstić information content (AvgIpc) is 2.87. The van der Waals surface area contributed by atoms with Gasteiger partial charge >= 0.3 is 0 Å². The van der Waals surface area contributed by atoms with Gasteiger partial charge in [0.05, 0.1) is 0 Å². The first-order chi connectivity index (χ1) is 10.3. The molecule has 22 heavy (non-hydrogen) atoms. The van der Waals surface area contributed by atoms with Crippen molar-refractivity contribution in [2.45, 2.75) is 20.8 Å². The highest BCUT2D eigenvalue weighted by Crippen LogP contribution is 2.21. The Morgan fingerprint density at radius 2 is 2.18 bits per heavy atom. The summed E-state index contributed by atoms with van der Waals surface area (Å²) in [6.45, 7) is 5.93. The molecule has 0 fully saturated rings. The Morgan fingerprint density at radius 3 is 2.82 bits per heavy atom. The maximum Gasteiger partial charge on any atom is 0.271 e. The Morgan fingerprint density at radius 1 is 1.45 bits per heavy atom. The van der Waals surface area contributed by atoms with Crippen molar-refractivity contribution < 1.29 is 9.90 Å². The second-order valence-electron chi connectivity index (χ2n) is 6.07. The lowest BCUT2D eigenvalue weighted by molar-refractivity contribution is 0.0906. The monoisotopic (exact) mass is 321 g/mol. The van der Waals surface area contributed by atoms with Crippen LogP contribution in [0.1, 0.15) is 30.0 Å². The second kappa shape index (κ2) is 6.50. The van der Waals surface area contributed by atoms with Gasteiger partial charge in [0.25, 0.3) is 5.91 Å². The number of aryl methyl sites for hydroxylation is 1. The Hall–Kier alpha value is -1.85. The summed E-state index contributed by atoms with van der Waals surface area (Å²) >= 11 is 5.98. The molecule has 0 unspecified atom stereocenters. The molecular weight excluding hydrogens is 302 g/mol. The van der Waals surface area contributed by atoms with Gasteiger partial charge in [0.15, 0.2) is 0 Å². The fraction of sp³-hybridized carbons (Fsp3) is 0.375. The molecule has 5 nitrogen and oxygen atoms in total. The molecule has 1 aromatic carbocycles. The summed E-state index contributed by atoms with van der Waals surface area (Å²) in [5.74, 6) is 0.343. The van der Waals surface area contributed by atoms with Gasteiger partial charge in [0.1, 0.15) is 11.5 Å². The predicted octanol–water partition coefficient (Wildman–Crippen LogP) is 2.79. The van der Waals surface area contributed by atoms with Crippen LogP contribution in [0.25, 0.3) is 11.4 Å². The van der Waals surface area contributed by atoms with Gasteiger partial charge in [0.2, 0.25) is 0 Å². The lowest BCUT2D eigenvalue weighted by atomic mass is 9.95. The van der Waals surface area contributed by atoms with E-state index in [2.05, 4.69) is 15.3 Å². The first-order valence-corrected chi connectivity index (χ1v) is 7.42. The molecule has 3 N–H and O–H groups in total. The van der Waals surface area contributed by atoms with Crippen molar-refractivity contribution in [1.29, 1.82) is 0 Å². The van der Waals surface area contributed by atoms with Crippen molar-refractivity contribution in [3.05, 3.63) is 40.7 Å². The van der Waals surface area contributed by atoms with E-state index in [4.69, 9.17) is 11.6 Å². The van der Waals surface area contributed by atoms with Gasteiger partial charge in [0, 0.05) is 34.8 Å². The van der Waals surface area contributed by atoms with Crippen molar-refractivity contribution in [2.75, 3.05) is 13.2 Å². The van der Waals surface area contributed by atoms with Crippen LogP contribution < -0.4 is 5.32 Å². The molecule has 0 radical (unpaired) electrons. The lowest BCUT2D eigenvalue weighted by Crippen LogP contribution is -2.36. The molecule has 6 heteroatoms. The fourth-order valence-electron chi connectivity index (χ4n) is 1.91. The molecule has 1 amide bonds. The number of nitrogens with zero attached hydrogens (tertiary/aromatic N) is 1. The summed E-state index contributed by atoms with van der Waals surface area (Å²) < 4.78 is 0. The minimum atomic E-state index is -0.365. The van der Waals surface area contributed by atoms with Crippen LogP contribution in [0.3, 0.4) is 0 Å². The van der Waals surface area contributed by atoms with Crippen LogP contribution in [0.4, 0.5) is 0 Å². The number of carbonyl (C=O) groups is 1. The fourth-order valence-corrected chi connectivity index (χ4v) is 2.10. The highest BCUT2D eigenvalue weighted by molar-refractivity contribution is 6.30. The number of imidazole rings is 1. The smallest absolute Gasteiger partial charge is 0.271 e. The number of hydrogen-bond acceptors (Lipinski definition) is 3. The number of carbonyl (C=O) groups excluding carboxylic acids is 1. The topological polar surface area (TPSA) is 78.0 Å². The van der Waals surface area contributed by atoms with Crippen molar-refractivity contribution in [3.8, 4) is 11.4 Å². The summed E-state index contributed by atoms with van der Waals surface area (Å²) in [5.41, 5.74) is 1.50. The minimum absolute atomic E-state index is 0.000587. The van der Waals surface area contributed by atoms with Crippen LogP contribution in [0.2, 0.25) is 5.02 Å². The van der Waals surface area contributed by atoms with Gasteiger partial charge in [-0.25, -0.2) is 4.98 Å². The van der Waals surface area contributed by atoms with Crippen LogP contribution in [0, 0.1) is 12.3 Å². The third-order valence-electron chi connectivity index (χ3n) is 3.35. The van der Waals surface area contributed by atoms with Crippen molar-refractivity contribution in [2.24, 2.45) is 5.41 Å². The molecule has 0 aliphatic carbocycles. The second-order valence-corrected chi connectivity index (χ2v) is 6.51. The molecule has 0 saturated carbocycles. The van der Waals surface area contributed by atoms with Gasteiger partial charge in [-0.1, -0.05) is 37.6 Å². The SMILES string of the molecule is Cc1[nH]c(-c2cccc(Cl)c2)nc1C(=O)NCC(C)(C)CO. The molecular formula is C16H20ClN3O2. The number of hydrogen-bond donors (Lipinski definition) is 3. The van der Waals surface area contributed by atoms with Gasteiger partial charge in [-0.3, -0.25) is 4.79 Å². The molecule has 2 rings (SSSR count). The number of aromatic nitrogens is 2. The van der Waals surface area contributed by atoms with Gasteiger partial charge in [-0.2, -0.15) is 0 Å². The maximum atomic E-state index is 12.2. The van der Waals surface area contributed by atoms with Crippen LogP contribution in [-0.2, 0) is 0 Å². The van der Waals surface area contributed by atoms with E-state index in [-0.39, 0.29) is 17.9 Å². The van der Waals surface area contributed by atoms with E-state index in [1.54, 1.807) is 19.1 Å². The summed E-state index contributed by atoms with van der Waals surface area (Å²) in [5, 5.41) is 12.6. The number of aliphatic hydroxyl groups excluding tert-OH is 1. The van der Waals surface area contributed by atoms with Crippen molar-refractivity contribution in [1.82, 2.24) is 15.3 Å². The molecule has 0 bridgehead atoms. The number of aromatic amines is 1. The number of amides is 1. The molecule has 118 valence electrons. The first-order valence-electron chi connectivity index (χ1n) is 7.04. The van der Waals surface area contributed by atoms with Crippen LogP contribution in [0.15, 0.2) is 24.3 Å². The van der Waals surface area contributed by atoms with E-state index < -0.39 is 0 Å².